The molecule has 0 saturated carbocycles. The molecule has 1 heterocycles. The number of carbonyl (C=O) groups excluding carboxylic acids is 1. The van der Waals surface area contributed by atoms with Crippen molar-refractivity contribution in [2.75, 3.05) is 17.2 Å². The maximum Gasteiger partial charge on any atom is 0.245 e. The van der Waals surface area contributed by atoms with E-state index in [1.54, 1.807) is 4.90 Å². The lowest BCUT2D eigenvalue weighted by Gasteiger charge is -2.26. The molecular weight excluding hydrogens is 324 g/mol. The minimum Gasteiger partial charge on any atom is -0.310 e. The standard InChI is InChI=1S/C18H28N2O3S/c1-4-5-12-24(22,23)19-16(13-14(2)3)18(21)20-11-10-15-8-6-7-9-17(15)20/h6-9,14,16,19H,4-5,10-13H2,1-3H3/t16-/m0/s1. The Kier molecular flexibility index (Phi) is 6.40. The number of benzene rings is 1. The van der Waals surface area contributed by atoms with E-state index in [4.69, 9.17) is 0 Å². The van der Waals surface area contributed by atoms with Crippen LogP contribution in [-0.2, 0) is 21.2 Å². The Morgan fingerprint density at radius 1 is 1.29 bits per heavy atom. The molecule has 0 aliphatic carbocycles. The molecule has 1 atom stereocenters. The average molecular weight is 353 g/mol. The predicted octanol–water partition coefficient (Wildman–Crippen LogP) is 2.71. The van der Waals surface area contributed by atoms with Crippen molar-refractivity contribution in [1.29, 1.82) is 0 Å². The first-order valence-corrected chi connectivity index (χ1v) is 10.4. The van der Waals surface area contributed by atoms with Gasteiger partial charge in [0, 0.05) is 12.2 Å². The van der Waals surface area contributed by atoms with Gasteiger partial charge in [-0.15, -0.1) is 0 Å². The number of nitrogens with one attached hydrogen (secondary N) is 1. The number of nitrogens with zero attached hydrogens (tertiary/aromatic N) is 1. The highest BCUT2D eigenvalue weighted by Crippen LogP contribution is 2.28. The third kappa shape index (κ3) is 4.80. The molecule has 0 aromatic heterocycles. The number of hydrogen-bond donors (Lipinski definition) is 1. The second-order valence-corrected chi connectivity index (χ2v) is 8.71. The molecule has 2 rings (SSSR count). The molecular formula is C18H28N2O3S. The highest BCUT2D eigenvalue weighted by Gasteiger charge is 2.32. The first kappa shape index (κ1) is 18.9. The third-order valence-electron chi connectivity index (χ3n) is 4.25. The van der Waals surface area contributed by atoms with Crippen molar-refractivity contribution in [3.05, 3.63) is 29.8 Å². The van der Waals surface area contributed by atoms with Gasteiger partial charge in [0.05, 0.1) is 5.75 Å². The molecule has 5 nitrogen and oxygen atoms in total. The van der Waals surface area contributed by atoms with E-state index in [0.29, 0.717) is 19.4 Å². The summed E-state index contributed by atoms with van der Waals surface area (Å²) in [6.07, 6.45) is 2.73. The van der Waals surface area contributed by atoms with Crippen molar-refractivity contribution in [3.8, 4) is 0 Å². The van der Waals surface area contributed by atoms with Crippen LogP contribution in [0, 0.1) is 5.92 Å². The van der Waals surface area contributed by atoms with E-state index in [-0.39, 0.29) is 17.6 Å². The largest absolute Gasteiger partial charge is 0.310 e. The van der Waals surface area contributed by atoms with E-state index >= 15 is 0 Å². The fourth-order valence-corrected chi connectivity index (χ4v) is 4.45. The number of carbonyl (C=O) groups is 1. The van der Waals surface area contributed by atoms with Crippen molar-refractivity contribution in [2.24, 2.45) is 5.92 Å². The van der Waals surface area contributed by atoms with Gasteiger partial charge < -0.3 is 4.90 Å². The molecule has 6 heteroatoms. The van der Waals surface area contributed by atoms with E-state index in [1.165, 1.54) is 0 Å². The lowest BCUT2D eigenvalue weighted by atomic mass is 10.0. The van der Waals surface area contributed by atoms with Crippen molar-refractivity contribution < 1.29 is 13.2 Å². The van der Waals surface area contributed by atoms with Gasteiger partial charge in [-0.2, -0.15) is 0 Å². The van der Waals surface area contributed by atoms with Crippen LogP contribution in [0.1, 0.15) is 45.6 Å². The normalized spacial score (nSPS) is 15.6. The Labute approximate surface area is 145 Å². The fraction of sp³-hybridized carbons (Fsp3) is 0.611. The molecule has 0 radical (unpaired) electrons. The first-order chi connectivity index (χ1) is 11.3. The fourth-order valence-electron chi connectivity index (χ4n) is 3.04. The monoisotopic (exact) mass is 352 g/mol. The van der Waals surface area contributed by atoms with Crippen LogP contribution in [0.15, 0.2) is 24.3 Å². The lowest BCUT2D eigenvalue weighted by Crippen LogP contribution is -2.49. The Morgan fingerprint density at radius 2 is 2.00 bits per heavy atom. The van der Waals surface area contributed by atoms with Crippen LogP contribution < -0.4 is 9.62 Å². The zero-order valence-electron chi connectivity index (χ0n) is 14.8. The van der Waals surface area contributed by atoms with Gasteiger partial charge in [-0.05, 0) is 36.8 Å². The maximum absolute atomic E-state index is 13.0. The van der Waals surface area contributed by atoms with Crippen molar-refractivity contribution >= 4 is 21.6 Å². The minimum absolute atomic E-state index is 0.0714. The summed E-state index contributed by atoms with van der Waals surface area (Å²) < 4.78 is 27.2. The van der Waals surface area contributed by atoms with Crippen LogP contribution in [0.5, 0.6) is 0 Å². The molecule has 1 amide bonds. The van der Waals surface area contributed by atoms with Gasteiger partial charge >= 0.3 is 0 Å². The zero-order chi connectivity index (χ0) is 17.7. The van der Waals surface area contributed by atoms with Crippen molar-refractivity contribution in [2.45, 2.75) is 52.5 Å². The summed E-state index contributed by atoms with van der Waals surface area (Å²) in [5, 5.41) is 0. The number of sulfonamides is 1. The molecule has 1 aromatic carbocycles. The molecule has 0 fully saturated rings. The molecule has 1 aliphatic rings. The topological polar surface area (TPSA) is 66.5 Å². The number of rotatable bonds is 8. The van der Waals surface area contributed by atoms with Crippen LogP contribution in [0.4, 0.5) is 5.69 Å². The molecule has 1 aromatic rings. The summed E-state index contributed by atoms with van der Waals surface area (Å²) in [4.78, 5) is 14.7. The highest BCUT2D eigenvalue weighted by atomic mass is 32.2. The SMILES string of the molecule is CCCCS(=O)(=O)N[C@@H](CC(C)C)C(=O)N1CCc2ccccc21. The van der Waals surface area contributed by atoms with E-state index in [9.17, 15) is 13.2 Å². The molecule has 134 valence electrons. The van der Waals surface area contributed by atoms with Crippen molar-refractivity contribution in [1.82, 2.24) is 4.72 Å². The number of hydrogen-bond acceptors (Lipinski definition) is 3. The predicted molar refractivity (Wildman–Crippen MR) is 97.6 cm³/mol. The molecule has 0 saturated heterocycles. The van der Waals surface area contributed by atoms with Crippen LogP contribution in [0.2, 0.25) is 0 Å². The summed E-state index contributed by atoms with van der Waals surface area (Å²) in [7, 11) is -3.44. The number of anilines is 1. The van der Waals surface area contributed by atoms with Crippen molar-refractivity contribution in [3.63, 3.8) is 0 Å². The lowest BCUT2D eigenvalue weighted by molar-refractivity contribution is -0.120. The Hall–Kier alpha value is -1.40. The van der Waals surface area contributed by atoms with E-state index in [0.717, 1.165) is 24.1 Å². The van der Waals surface area contributed by atoms with Gasteiger partial charge in [0.25, 0.3) is 0 Å². The van der Waals surface area contributed by atoms with Crippen LogP contribution in [-0.4, -0.2) is 32.7 Å². The van der Waals surface area contributed by atoms with E-state index < -0.39 is 16.1 Å². The summed E-state index contributed by atoms with van der Waals surface area (Å²) in [5.74, 6) is 0.154. The molecule has 0 spiro atoms. The van der Waals surface area contributed by atoms with Crippen LogP contribution >= 0.6 is 0 Å². The Bertz CT molecular complexity index is 671. The number of para-hydroxylation sites is 1. The maximum atomic E-state index is 13.0. The summed E-state index contributed by atoms with van der Waals surface area (Å²) in [6, 6.07) is 7.13. The van der Waals surface area contributed by atoms with E-state index in [1.807, 2.05) is 45.0 Å². The Balaban J connectivity index is 2.17. The third-order valence-corrected chi connectivity index (χ3v) is 5.72. The summed E-state index contributed by atoms with van der Waals surface area (Å²) >= 11 is 0. The number of amides is 1. The number of unbranched alkanes of at least 4 members (excludes halogenated alkanes) is 1. The molecule has 1 N–H and O–H groups in total. The summed E-state index contributed by atoms with van der Waals surface area (Å²) in [6.45, 7) is 6.56. The first-order valence-electron chi connectivity index (χ1n) is 8.73. The molecule has 24 heavy (non-hydrogen) atoms. The second-order valence-electron chi connectivity index (χ2n) is 6.84. The molecule has 1 aliphatic heterocycles. The van der Waals surface area contributed by atoms with Crippen LogP contribution in [0.3, 0.4) is 0 Å². The van der Waals surface area contributed by atoms with E-state index in [2.05, 4.69) is 4.72 Å². The average Bonchev–Trinajstić information content (AvgIpc) is 2.95. The zero-order valence-corrected chi connectivity index (χ0v) is 15.6. The van der Waals surface area contributed by atoms with Gasteiger partial charge in [0.15, 0.2) is 0 Å². The van der Waals surface area contributed by atoms with Gasteiger partial charge in [-0.25, -0.2) is 13.1 Å². The summed E-state index contributed by atoms with van der Waals surface area (Å²) in [5.41, 5.74) is 2.05. The molecule has 0 unspecified atom stereocenters. The smallest absolute Gasteiger partial charge is 0.245 e. The highest BCUT2D eigenvalue weighted by molar-refractivity contribution is 7.89. The van der Waals surface area contributed by atoms with Gasteiger partial charge in [-0.1, -0.05) is 45.4 Å². The minimum atomic E-state index is -3.44. The van der Waals surface area contributed by atoms with Gasteiger partial charge in [0.1, 0.15) is 6.04 Å². The van der Waals surface area contributed by atoms with Crippen LogP contribution in [0.25, 0.3) is 0 Å². The number of fused-ring (bicyclic) bond motifs is 1. The quantitative estimate of drug-likeness (QED) is 0.782. The van der Waals surface area contributed by atoms with Gasteiger partial charge in [-0.3, -0.25) is 4.79 Å². The molecule has 0 bridgehead atoms. The Morgan fingerprint density at radius 3 is 2.67 bits per heavy atom. The van der Waals surface area contributed by atoms with Gasteiger partial charge in [0.2, 0.25) is 15.9 Å². The second kappa shape index (κ2) is 8.12.